The Morgan fingerprint density at radius 3 is 2.62 bits per heavy atom. The zero-order chi connectivity index (χ0) is 28.5. The molecule has 212 valence electrons. The van der Waals surface area contributed by atoms with Crippen LogP contribution in [0.3, 0.4) is 0 Å². The number of benzene rings is 2. The molecule has 0 bridgehead atoms. The van der Waals surface area contributed by atoms with Gasteiger partial charge in [0.1, 0.15) is 0 Å². The Kier molecular flexibility index (Phi) is 9.84. The second-order valence-corrected chi connectivity index (χ2v) is 9.10. The molecule has 3 aromatic rings. The summed E-state index contributed by atoms with van der Waals surface area (Å²) in [6.45, 7) is 2.73. The van der Waals surface area contributed by atoms with Gasteiger partial charge >= 0.3 is 0 Å². The maximum Gasteiger partial charge on any atom is 0.286 e. The molecule has 2 atom stereocenters. The molecule has 0 radical (unpaired) electrons. The van der Waals surface area contributed by atoms with Gasteiger partial charge in [-0.05, 0) is 29.8 Å². The summed E-state index contributed by atoms with van der Waals surface area (Å²) in [6, 6.07) is 13.6. The zero-order valence-corrected chi connectivity index (χ0v) is 22.1. The van der Waals surface area contributed by atoms with Crippen LogP contribution in [0.25, 0.3) is 10.9 Å². The van der Waals surface area contributed by atoms with Crippen molar-refractivity contribution in [1.82, 2.24) is 9.88 Å². The minimum atomic E-state index is -0.730. The van der Waals surface area contributed by atoms with Crippen LogP contribution in [0.2, 0.25) is 0 Å². The van der Waals surface area contributed by atoms with Crippen LogP contribution >= 0.6 is 0 Å². The second-order valence-electron chi connectivity index (χ2n) is 9.10. The topological polar surface area (TPSA) is 154 Å². The largest absolute Gasteiger partial charge is 0.459 e. The third-order valence-corrected chi connectivity index (χ3v) is 6.35. The van der Waals surface area contributed by atoms with Gasteiger partial charge in [-0.15, -0.1) is 0 Å². The van der Waals surface area contributed by atoms with Crippen LogP contribution in [0, 0.1) is 10.1 Å². The fourth-order valence-electron chi connectivity index (χ4n) is 4.47. The van der Waals surface area contributed by atoms with Crippen molar-refractivity contribution < 1.29 is 33.8 Å². The number of anilines is 1. The van der Waals surface area contributed by atoms with Gasteiger partial charge in [-0.25, -0.2) is 0 Å². The molecule has 2 heterocycles. The highest BCUT2D eigenvalue weighted by molar-refractivity contribution is 5.95. The number of carbonyl (C=O) groups is 2. The molecule has 12 nitrogen and oxygen atoms in total. The fraction of sp³-hybridized carbons (Fsp3) is 0.357. The summed E-state index contributed by atoms with van der Waals surface area (Å²) in [5, 5.41) is 26.5. The predicted molar refractivity (Wildman–Crippen MR) is 147 cm³/mol. The minimum Gasteiger partial charge on any atom is -0.459 e. The predicted octanol–water partition coefficient (Wildman–Crippen LogP) is 3.18. The van der Waals surface area contributed by atoms with Gasteiger partial charge < -0.3 is 30.0 Å². The van der Waals surface area contributed by atoms with E-state index in [2.05, 4.69) is 10.6 Å². The third-order valence-electron chi connectivity index (χ3n) is 6.35. The van der Waals surface area contributed by atoms with Gasteiger partial charge in [0.25, 0.3) is 11.6 Å². The SMILES string of the molecule is CC(=O)n1cc([C@@H]2C=C(C(=O)NCCNc3ccc([N+](=O)[O-])cc3)O[C@H](OCCOCCO)C2)c2ccccc21. The standard InChI is InChI=1S/C28H32N4O8/c1-19(34)31-18-24(23-4-2-3-5-25(23)31)20-16-26(40-27(17-20)39-15-14-38-13-12-33)28(35)30-11-10-29-21-6-8-22(9-7-21)32(36)37/h2-9,16,18,20,27,29,33H,10-15,17H2,1H3,(H,30,35)/t20-,27+/m1/s1. The number of rotatable bonds is 13. The molecule has 0 saturated heterocycles. The number of fused-ring (bicyclic) bond motifs is 1. The smallest absolute Gasteiger partial charge is 0.286 e. The minimum absolute atomic E-state index is 0.00190. The first kappa shape index (κ1) is 28.7. The monoisotopic (exact) mass is 552 g/mol. The maximum absolute atomic E-state index is 13.1. The van der Waals surface area contributed by atoms with Crippen molar-refractivity contribution >= 4 is 34.1 Å². The molecule has 3 N–H and O–H groups in total. The third kappa shape index (κ3) is 7.23. The lowest BCUT2D eigenvalue weighted by Crippen LogP contribution is -2.35. The molecule has 0 aliphatic carbocycles. The van der Waals surface area contributed by atoms with Crippen molar-refractivity contribution in [2.24, 2.45) is 0 Å². The van der Waals surface area contributed by atoms with Crippen molar-refractivity contribution in [3.8, 4) is 0 Å². The average molecular weight is 553 g/mol. The first-order valence-corrected chi connectivity index (χ1v) is 12.9. The Bertz CT molecular complexity index is 1370. The van der Waals surface area contributed by atoms with E-state index in [1.165, 1.54) is 19.1 Å². The summed E-state index contributed by atoms with van der Waals surface area (Å²) in [4.78, 5) is 35.7. The van der Waals surface area contributed by atoms with E-state index in [1.807, 2.05) is 24.3 Å². The lowest BCUT2D eigenvalue weighted by Gasteiger charge is -2.29. The molecule has 2 aromatic carbocycles. The maximum atomic E-state index is 13.1. The number of nitro benzene ring substituents is 1. The number of allylic oxidation sites excluding steroid dienone is 1. The summed E-state index contributed by atoms with van der Waals surface area (Å²) in [6.07, 6.45) is 3.23. The van der Waals surface area contributed by atoms with E-state index in [0.29, 0.717) is 18.7 Å². The van der Waals surface area contributed by atoms with Crippen LogP contribution in [-0.4, -0.2) is 72.2 Å². The quantitative estimate of drug-likeness (QED) is 0.165. The van der Waals surface area contributed by atoms with Gasteiger partial charge in [-0.2, -0.15) is 0 Å². The highest BCUT2D eigenvalue weighted by atomic mass is 16.7. The summed E-state index contributed by atoms with van der Waals surface area (Å²) in [7, 11) is 0. The molecule has 4 rings (SSSR count). The van der Waals surface area contributed by atoms with E-state index in [1.54, 1.807) is 29.0 Å². The first-order valence-electron chi connectivity index (χ1n) is 12.9. The number of amides is 1. The molecule has 1 amide bonds. The Labute approximate surface area is 230 Å². The van der Waals surface area contributed by atoms with Crippen molar-refractivity contribution in [1.29, 1.82) is 0 Å². The Morgan fingerprint density at radius 2 is 1.90 bits per heavy atom. The number of nitrogens with zero attached hydrogens (tertiary/aromatic N) is 2. The molecular weight excluding hydrogens is 520 g/mol. The van der Waals surface area contributed by atoms with Gasteiger partial charge in [-0.3, -0.25) is 24.3 Å². The molecule has 0 saturated carbocycles. The molecule has 1 aromatic heterocycles. The van der Waals surface area contributed by atoms with Crippen LogP contribution < -0.4 is 10.6 Å². The van der Waals surface area contributed by atoms with E-state index < -0.39 is 17.1 Å². The van der Waals surface area contributed by atoms with E-state index in [4.69, 9.17) is 19.3 Å². The normalized spacial score (nSPS) is 16.7. The highest BCUT2D eigenvalue weighted by Gasteiger charge is 2.30. The number of hydrogen-bond donors (Lipinski definition) is 3. The number of ether oxygens (including phenoxy) is 3. The number of hydrogen-bond acceptors (Lipinski definition) is 9. The number of non-ortho nitro benzene ring substituents is 1. The summed E-state index contributed by atoms with van der Waals surface area (Å²) < 4.78 is 18.6. The van der Waals surface area contributed by atoms with Crippen LogP contribution in [0.4, 0.5) is 11.4 Å². The molecule has 40 heavy (non-hydrogen) atoms. The first-order chi connectivity index (χ1) is 19.4. The van der Waals surface area contributed by atoms with Gasteiger partial charge in [0.05, 0.1) is 36.9 Å². The number of carbonyl (C=O) groups excluding carboxylic acids is 2. The lowest BCUT2D eigenvalue weighted by molar-refractivity contribution is -0.384. The van der Waals surface area contributed by atoms with Crippen LogP contribution in [0.5, 0.6) is 0 Å². The highest BCUT2D eigenvalue weighted by Crippen LogP contribution is 2.36. The Hall–Kier alpha value is -4.26. The molecule has 0 spiro atoms. The summed E-state index contributed by atoms with van der Waals surface area (Å²) in [5.74, 6) is -0.699. The van der Waals surface area contributed by atoms with Crippen LogP contribution in [0.15, 0.2) is 66.6 Å². The number of nitro groups is 1. The van der Waals surface area contributed by atoms with Crippen molar-refractivity contribution in [3.05, 3.63) is 82.2 Å². The molecule has 1 aliphatic heterocycles. The molecule has 0 unspecified atom stereocenters. The van der Waals surface area contributed by atoms with Crippen molar-refractivity contribution in [2.45, 2.75) is 25.6 Å². The van der Waals surface area contributed by atoms with E-state index in [0.717, 1.165) is 16.5 Å². The van der Waals surface area contributed by atoms with Gasteiger partial charge in [0, 0.05) is 61.8 Å². The van der Waals surface area contributed by atoms with Crippen LogP contribution in [0.1, 0.15) is 29.6 Å². The number of aliphatic hydroxyl groups excluding tert-OH is 1. The van der Waals surface area contributed by atoms with Crippen molar-refractivity contribution in [3.63, 3.8) is 0 Å². The number of para-hydroxylation sites is 1. The zero-order valence-electron chi connectivity index (χ0n) is 22.1. The second kappa shape index (κ2) is 13.7. The lowest BCUT2D eigenvalue weighted by atomic mass is 9.92. The van der Waals surface area contributed by atoms with Gasteiger partial charge in [-0.1, -0.05) is 18.2 Å². The molecule has 0 fully saturated rings. The molecular formula is C28H32N4O8. The fourth-order valence-corrected chi connectivity index (χ4v) is 4.47. The van der Waals surface area contributed by atoms with Gasteiger partial charge in [0.15, 0.2) is 5.76 Å². The summed E-state index contributed by atoms with van der Waals surface area (Å²) in [5.41, 5.74) is 2.34. The summed E-state index contributed by atoms with van der Waals surface area (Å²) >= 11 is 0. The molecule has 12 heteroatoms. The Balaban J connectivity index is 1.45. The number of nitrogens with one attached hydrogen (secondary N) is 2. The van der Waals surface area contributed by atoms with E-state index in [9.17, 15) is 19.7 Å². The molecule has 1 aliphatic rings. The van der Waals surface area contributed by atoms with E-state index in [-0.39, 0.29) is 56.2 Å². The van der Waals surface area contributed by atoms with Crippen LogP contribution in [-0.2, 0) is 19.0 Å². The number of aromatic nitrogens is 1. The Morgan fingerprint density at radius 1 is 1.12 bits per heavy atom. The van der Waals surface area contributed by atoms with Crippen molar-refractivity contribution in [2.75, 3.05) is 44.8 Å². The van der Waals surface area contributed by atoms with Gasteiger partial charge in [0.2, 0.25) is 12.2 Å². The number of aliphatic hydroxyl groups is 1. The van der Waals surface area contributed by atoms with E-state index >= 15 is 0 Å². The average Bonchev–Trinajstić information content (AvgIpc) is 3.35.